The first kappa shape index (κ1) is 26.4. The molecule has 9 nitrogen and oxygen atoms in total. The number of amides is 1. The Morgan fingerprint density at radius 3 is 2.45 bits per heavy atom. The van der Waals surface area contributed by atoms with Crippen LogP contribution < -0.4 is 16.0 Å². The maximum Gasteiger partial charge on any atom is 0.305 e. The van der Waals surface area contributed by atoms with Crippen LogP contribution in [0.1, 0.15) is 46.2 Å². The third kappa shape index (κ3) is 5.51. The molecule has 1 heterocycles. The van der Waals surface area contributed by atoms with Crippen molar-refractivity contribution in [3.8, 4) is 0 Å². The summed E-state index contributed by atoms with van der Waals surface area (Å²) in [6.45, 7) is 7.19. The monoisotopic (exact) mass is 512 g/mol. The number of carboxylic acids is 1. The fraction of sp³-hybridized carbons (Fsp3) is 0.241. The Balaban J connectivity index is 1.63. The molecule has 9 heteroatoms. The SMILES string of the molecule is CCn1c(CNc2ccc(C(=N)N)cc2)nc2cc(C(=O)N(CCC(=O)O)c3cccc(C)c3C)ccc21. The number of nitrogen functional groups attached to an aromatic ring is 1. The summed E-state index contributed by atoms with van der Waals surface area (Å²) >= 11 is 0. The van der Waals surface area contributed by atoms with Crippen LogP contribution in [0.3, 0.4) is 0 Å². The van der Waals surface area contributed by atoms with E-state index in [0.717, 1.165) is 28.2 Å². The summed E-state index contributed by atoms with van der Waals surface area (Å²) in [5.41, 5.74) is 11.8. The lowest BCUT2D eigenvalue weighted by Crippen LogP contribution is -2.33. The number of nitrogens with zero attached hydrogens (tertiary/aromatic N) is 3. The molecule has 0 aliphatic carbocycles. The van der Waals surface area contributed by atoms with E-state index in [1.54, 1.807) is 29.2 Å². The van der Waals surface area contributed by atoms with Gasteiger partial charge in [-0.1, -0.05) is 12.1 Å². The molecule has 0 spiro atoms. The Morgan fingerprint density at radius 1 is 1.08 bits per heavy atom. The summed E-state index contributed by atoms with van der Waals surface area (Å²) in [5, 5.41) is 20.2. The average molecular weight is 513 g/mol. The lowest BCUT2D eigenvalue weighted by atomic mass is 10.1. The van der Waals surface area contributed by atoms with E-state index in [9.17, 15) is 14.7 Å². The summed E-state index contributed by atoms with van der Waals surface area (Å²) in [5.74, 6) is -0.384. The van der Waals surface area contributed by atoms with E-state index in [0.29, 0.717) is 35.4 Å². The Morgan fingerprint density at radius 2 is 1.79 bits per heavy atom. The zero-order valence-corrected chi connectivity index (χ0v) is 21.8. The molecule has 0 atom stereocenters. The fourth-order valence-electron chi connectivity index (χ4n) is 4.47. The quantitative estimate of drug-likeness (QED) is 0.180. The largest absolute Gasteiger partial charge is 0.481 e. The summed E-state index contributed by atoms with van der Waals surface area (Å²) < 4.78 is 2.09. The maximum absolute atomic E-state index is 13.7. The van der Waals surface area contributed by atoms with Gasteiger partial charge in [-0.05, 0) is 80.4 Å². The van der Waals surface area contributed by atoms with Gasteiger partial charge in [0.05, 0.1) is 24.0 Å². The van der Waals surface area contributed by atoms with Crippen molar-refractivity contribution in [1.29, 1.82) is 5.41 Å². The van der Waals surface area contributed by atoms with Gasteiger partial charge in [-0.3, -0.25) is 15.0 Å². The number of nitrogens with one attached hydrogen (secondary N) is 2. The topological polar surface area (TPSA) is 137 Å². The van der Waals surface area contributed by atoms with Crippen LogP contribution >= 0.6 is 0 Å². The van der Waals surface area contributed by atoms with E-state index >= 15 is 0 Å². The van der Waals surface area contributed by atoms with Crippen molar-refractivity contribution in [3.63, 3.8) is 0 Å². The van der Waals surface area contributed by atoms with Gasteiger partial charge in [-0.15, -0.1) is 0 Å². The minimum absolute atomic E-state index is 0.0220. The molecule has 0 saturated carbocycles. The Labute approximate surface area is 221 Å². The van der Waals surface area contributed by atoms with Crippen molar-refractivity contribution >= 4 is 40.1 Å². The Kier molecular flexibility index (Phi) is 7.76. The number of hydrogen-bond donors (Lipinski definition) is 4. The highest BCUT2D eigenvalue weighted by Gasteiger charge is 2.22. The van der Waals surface area contributed by atoms with E-state index < -0.39 is 5.97 Å². The van der Waals surface area contributed by atoms with Gasteiger partial charge in [-0.2, -0.15) is 0 Å². The van der Waals surface area contributed by atoms with Crippen molar-refractivity contribution < 1.29 is 14.7 Å². The molecule has 0 aliphatic rings. The molecule has 3 aromatic carbocycles. The van der Waals surface area contributed by atoms with E-state index in [4.69, 9.17) is 16.1 Å². The van der Waals surface area contributed by atoms with Crippen molar-refractivity contribution in [2.75, 3.05) is 16.8 Å². The molecular weight excluding hydrogens is 480 g/mol. The van der Waals surface area contributed by atoms with E-state index in [-0.39, 0.29) is 24.7 Å². The summed E-state index contributed by atoms with van der Waals surface area (Å²) in [6.07, 6.45) is -0.158. The summed E-state index contributed by atoms with van der Waals surface area (Å²) in [6, 6.07) is 18.4. The molecule has 38 heavy (non-hydrogen) atoms. The zero-order chi connectivity index (χ0) is 27.4. The van der Waals surface area contributed by atoms with Gasteiger partial charge in [0, 0.05) is 35.6 Å². The molecule has 1 amide bonds. The highest BCUT2D eigenvalue weighted by molar-refractivity contribution is 6.08. The number of fused-ring (bicyclic) bond motifs is 1. The molecule has 0 unspecified atom stereocenters. The molecule has 4 aromatic rings. The van der Waals surface area contributed by atoms with Gasteiger partial charge in [0.1, 0.15) is 11.7 Å². The molecule has 5 N–H and O–H groups in total. The molecular formula is C29H32N6O3. The molecule has 0 radical (unpaired) electrons. The third-order valence-electron chi connectivity index (χ3n) is 6.70. The standard InChI is InChI=1S/C29H32N6O3/c1-4-34-25-13-10-21(29(38)35(15-14-27(36)37)24-7-5-6-18(2)19(24)3)16-23(25)33-26(34)17-32-22-11-8-20(9-12-22)28(30)31/h5-13,16,32H,4,14-15,17H2,1-3H3,(H3,30,31)(H,36,37). The molecule has 0 aliphatic heterocycles. The number of amidine groups is 1. The fourth-order valence-corrected chi connectivity index (χ4v) is 4.47. The first-order valence-electron chi connectivity index (χ1n) is 12.5. The third-order valence-corrected chi connectivity index (χ3v) is 6.70. The number of carboxylic acid groups (broad SMARTS) is 1. The van der Waals surface area contributed by atoms with Crippen molar-refractivity contribution in [3.05, 3.63) is 88.7 Å². The predicted molar refractivity (Wildman–Crippen MR) is 150 cm³/mol. The smallest absolute Gasteiger partial charge is 0.305 e. The molecule has 1 aromatic heterocycles. The van der Waals surface area contributed by atoms with Gasteiger partial charge >= 0.3 is 5.97 Å². The summed E-state index contributed by atoms with van der Waals surface area (Å²) in [4.78, 5) is 31.4. The lowest BCUT2D eigenvalue weighted by Gasteiger charge is -2.25. The number of aryl methyl sites for hydroxylation is 2. The number of hydrogen-bond acceptors (Lipinski definition) is 5. The number of nitrogens with two attached hydrogens (primary N) is 1. The minimum atomic E-state index is -0.960. The van der Waals surface area contributed by atoms with E-state index in [2.05, 4.69) is 9.88 Å². The van der Waals surface area contributed by atoms with Gasteiger partial charge in [-0.25, -0.2) is 4.98 Å². The van der Waals surface area contributed by atoms with Gasteiger partial charge in [0.15, 0.2) is 0 Å². The maximum atomic E-state index is 13.7. The summed E-state index contributed by atoms with van der Waals surface area (Å²) in [7, 11) is 0. The van der Waals surface area contributed by atoms with Crippen LogP contribution in [0.5, 0.6) is 0 Å². The Hall–Kier alpha value is -4.66. The second-order valence-electron chi connectivity index (χ2n) is 9.14. The van der Waals surface area contributed by atoms with Crippen LogP contribution in [0.15, 0.2) is 60.7 Å². The highest BCUT2D eigenvalue weighted by atomic mass is 16.4. The number of carbonyl (C=O) groups excluding carboxylic acids is 1. The number of imidazole rings is 1. The number of aromatic nitrogens is 2. The van der Waals surface area contributed by atoms with E-state index in [1.807, 2.05) is 57.2 Å². The van der Waals surface area contributed by atoms with Crippen LogP contribution in [-0.2, 0) is 17.9 Å². The van der Waals surface area contributed by atoms with Crippen LogP contribution in [0, 0.1) is 19.3 Å². The molecule has 4 rings (SSSR count). The molecule has 0 bridgehead atoms. The van der Waals surface area contributed by atoms with Gasteiger partial charge in [0.2, 0.25) is 0 Å². The number of anilines is 2. The highest BCUT2D eigenvalue weighted by Crippen LogP contribution is 2.26. The van der Waals surface area contributed by atoms with Crippen LogP contribution in [0.2, 0.25) is 0 Å². The normalized spacial score (nSPS) is 10.9. The van der Waals surface area contributed by atoms with Crippen LogP contribution in [0.4, 0.5) is 11.4 Å². The van der Waals surface area contributed by atoms with Crippen LogP contribution in [-0.4, -0.2) is 38.9 Å². The first-order valence-corrected chi connectivity index (χ1v) is 12.5. The second kappa shape index (κ2) is 11.2. The van der Waals surface area contributed by atoms with Crippen LogP contribution in [0.25, 0.3) is 11.0 Å². The number of benzene rings is 3. The van der Waals surface area contributed by atoms with E-state index in [1.165, 1.54) is 0 Å². The molecule has 0 saturated heterocycles. The minimum Gasteiger partial charge on any atom is -0.481 e. The second-order valence-corrected chi connectivity index (χ2v) is 9.14. The average Bonchev–Trinajstić information content (AvgIpc) is 3.26. The van der Waals surface area contributed by atoms with Gasteiger partial charge in [0.25, 0.3) is 5.91 Å². The van der Waals surface area contributed by atoms with Gasteiger partial charge < -0.3 is 25.6 Å². The Bertz CT molecular complexity index is 1510. The zero-order valence-electron chi connectivity index (χ0n) is 21.8. The van der Waals surface area contributed by atoms with Crippen molar-refractivity contribution in [2.45, 2.75) is 40.3 Å². The van der Waals surface area contributed by atoms with Crippen molar-refractivity contribution in [1.82, 2.24) is 9.55 Å². The first-order chi connectivity index (χ1) is 18.2. The number of aliphatic carboxylic acids is 1. The number of rotatable bonds is 10. The number of carbonyl (C=O) groups is 2. The van der Waals surface area contributed by atoms with Crippen molar-refractivity contribution in [2.24, 2.45) is 5.73 Å². The molecule has 196 valence electrons. The predicted octanol–water partition coefficient (Wildman–Crippen LogP) is 4.69. The molecule has 0 fully saturated rings. The lowest BCUT2D eigenvalue weighted by molar-refractivity contribution is -0.136.